The van der Waals surface area contributed by atoms with Gasteiger partial charge < -0.3 is 11.1 Å². The van der Waals surface area contributed by atoms with Crippen molar-refractivity contribution in [3.63, 3.8) is 0 Å². The monoisotopic (exact) mass is 250 g/mol. The Morgan fingerprint density at radius 1 is 1.28 bits per heavy atom. The minimum absolute atomic E-state index is 0.791. The second-order valence-electron chi connectivity index (χ2n) is 5.65. The van der Waals surface area contributed by atoms with Gasteiger partial charge in [-0.2, -0.15) is 5.10 Å². The second kappa shape index (κ2) is 5.63. The summed E-state index contributed by atoms with van der Waals surface area (Å²) in [6.45, 7) is 5.29. The number of anilines is 2. The number of nitrogens with one attached hydrogen (secondary N) is 1. The first-order valence-corrected chi connectivity index (χ1v) is 7.14. The lowest BCUT2D eigenvalue weighted by Gasteiger charge is -2.28. The maximum atomic E-state index is 6.02. The predicted molar refractivity (Wildman–Crippen MR) is 76.6 cm³/mol. The Kier molecular flexibility index (Phi) is 4.15. The van der Waals surface area contributed by atoms with Gasteiger partial charge in [0.25, 0.3) is 0 Å². The molecular weight excluding hydrogens is 224 g/mol. The Morgan fingerprint density at radius 2 is 1.89 bits per heavy atom. The molecule has 0 radical (unpaired) electrons. The molecule has 1 aliphatic carbocycles. The van der Waals surface area contributed by atoms with Gasteiger partial charge in [0.15, 0.2) is 0 Å². The highest BCUT2D eigenvalue weighted by atomic mass is 15.3. The molecule has 2 rings (SSSR count). The molecule has 1 aliphatic rings. The quantitative estimate of drug-likeness (QED) is 0.864. The van der Waals surface area contributed by atoms with Crippen molar-refractivity contribution in [2.75, 3.05) is 17.6 Å². The Hall–Kier alpha value is -1.19. The molecule has 0 aliphatic heterocycles. The van der Waals surface area contributed by atoms with Gasteiger partial charge >= 0.3 is 0 Å². The summed E-state index contributed by atoms with van der Waals surface area (Å²) in [5, 5.41) is 7.81. The van der Waals surface area contributed by atoms with Crippen molar-refractivity contribution in [3.05, 3.63) is 5.69 Å². The van der Waals surface area contributed by atoms with Crippen LogP contribution in [0.2, 0.25) is 0 Å². The van der Waals surface area contributed by atoms with Crippen LogP contribution in [0.25, 0.3) is 0 Å². The maximum absolute atomic E-state index is 6.02. The van der Waals surface area contributed by atoms with Gasteiger partial charge in [0.05, 0.1) is 11.4 Å². The highest BCUT2D eigenvalue weighted by Gasteiger charge is 2.20. The number of rotatable bonds is 4. The van der Waals surface area contributed by atoms with Crippen molar-refractivity contribution in [2.24, 2.45) is 18.9 Å². The van der Waals surface area contributed by atoms with E-state index >= 15 is 0 Å². The van der Waals surface area contributed by atoms with E-state index in [1.54, 1.807) is 0 Å². The van der Waals surface area contributed by atoms with Gasteiger partial charge in [-0.05, 0) is 31.6 Å². The largest absolute Gasteiger partial charge is 0.394 e. The molecule has 4 heteroatoms. The summed E-state index contributed by atoms with van der Waals surface area (Å²) in [4.78, 5) is 0. The summed E-state index contributed by atoms with van der Waals surface area (Å²) in [6.07, 6.45) is 6.82. The average Bonchev–Trinajstić information content (AvgIpc) is 2.62. The minimum Gasteiger partial charge on any atom is -0.394 e. The van der Waals surface area contributed by atoms with Crippen LogP contribution >= 0.6 is 0 Å². The van der Waals surface area contributed by atoms with Crippen LogP contribution in [0.1, 0.15) is 44.7 Å². The summed E-state index contributed by atoms with van der Waals surface area (Å²) < 4.78 is 1.85. The van der Waals surface area contributed by atoms with Crippen LogP contribution in [0.3, 0.4) is 0 Å². The van der Waals surface area contributed by atoms with Crippen LogP contribution in [0.5, 0.6) is 0 Å². The van der Waals surface area contributed by atoms with E-state index in [-0.39, 0.29) is 0 Å². The molecule has 18 heavy (non-hydrogen) atoms. The summed E-state index contributed by atoms with van der Waals surface area (Å²) in [5.41, 5.74) is 7.72. The Labute approximate surface area is 110 Å². The van der Waals surface area contributed by atoms with E-state index in [1.807, 2.05) is 18.7 Å². The first-order valence-electron chi connectivity index (χ1n) is 7.14. The van der Waals surface area contributed by atoms with Gasteiger partial charge in [-0.15, -0.1) is 0 Å². The van der Waals surface area contributed by atoms with E-state index < -0.39 is 0 Å². The number of nitrogens with zero attached hydrogens (tertiary/aromatic N) is 2. The van der Waals surface area contributed by atoms with Crippen LogP contribution < -0.4 is 11.1 Å². The normalized spacial score (nSPS) is 24.2. The van der Waals surface area contributed by atoms with Crippen LogP contribution in [-0.4, -0.2) is 16.3 Å². The molecule has 0 bridgehead atoms. The van der Waals surface area contributed by atoms with Gasteiger partial charge in [-0.3, -0.25) is 4.68 Å². The summed E-state index contributed by atoms with van der Waals surface area (Å²) in [5.74, 6) is 2.73. The third-order valence-corrected chi connectivity index (χ3v) is 4.37. The van der Waals surface area contributed by atoms with Crippen molar-refractivity contribution in [2.45, 2.75) is 46.0 Å². The third kappa shape index (κ3) is 2.79. The first kappa shape index (κ1) is 13.2. The van der Waals surface area contributed by atoms with Gasteiger partial charge in [-0.25, -0.2) is 0 Å². The molecule has 4 nitrogen and oxygen atoms in total. The summed E-state index contributed by atoms with van der Waals surface area (Å²) in [6, 6.07) is 0. The van der Waals surface area contributed by atoms with Crippen molar-refractivity contribution in [1.82, 2.24) is 9.78 Å². The lowest BCUT2D eigenvalue weighted by atomic mass is 9.81. The minimum atomic E-state index is 0.791. The lowest BCUT2D eigenvalue weighted by Crippen LogP contribution is -2.22. The highest BCUT2D eigenvalue weighted by Crippen LogP contribution is 2.31. The molecular formula is C14H26N4. The number of aryl methyl sites for hydroxylation is 2. The van der Waals surface area contributed by atoms with Gasteiger partial charge in [0.1, 0.15) is 5.82 Å². The number of nitrogen functional groups attached to an aromatic ring is 1. The van der Waals surface area contributed by atoms with Crippen molar-refractivity contribution < 1.29 is 0 Å². The standard InChI is InChI=1S/C14H26N4/c1-4-11-5-7-12(8-6-11)9-16-14-13(15)10(2)17-18(14)3/h11-12,16H,4-9,15H2,1-3H3. The molecule has 1 aromatic rings. The molecule has 1 saturated carbocycles. The fraction of sp³-hybridized carbons (Fsp3) is 0.786. The van der Waals surface area contributed by atoms with E-state index in [0.717, 1.165) is 35.6 Å². The molecule has 0 aromatic carbocycles. The van der Waals surface area contributed by atoms with E-state index in [0.29, 0.717) is 0 Å². The fourth-order valence-electron chi connectivity index (χ4n) is 2.97. The smallest absolute Gasteiger partial charge is 0.147 e. The fourth-order valence-corrected chi connectivity index (χ4v) is 2.97. The van der Waals surface area contributed by atoms with E-state index in [1.165, 1.54) is 32.1 Å². The average molecular weight is 250 g/mol. The van der Waals surface area contributed by atoms with Crippen molar-refractivity contribution in [1.29, 1.82) is 0 Å². The van der Waals surface area contributed by atoms with Gasteiger partial charge in [0, 0.05) is 13.6 Å². The Bertz CT molecular complexity index is 389. The van der Waals surface area contributed by atoms with Gasteiger partial charge in [-0.1, -0.05) is 26.2 Å². The van der Waals surface area contributed by atoms with E-state index in [9.17, 15) is 0 Å². The topological polar surface area (TPSA) is 55.9 Å². The highest BCUT2D eigenvalue weighted by molar-refractivity contribution is 5.64. The maximum Gasteiger partial charge on any atom is 0.147 e. The molecule has 0 saturated heterocycles. The van der Waals surface area contributed by atoms with E-state index in [4.69, 9.17) is 5.73 Å². The SMILES string of the molecule is CCC1CCC(CNc2c(N)c(C)nn2C)CC1. The number of aromatic nitrogens is 2. The van der Waals surface area contributed by atoms with Crippen LogP contribution in [0, 0.1) is 18.8 Å². The first-order chi connectivity index (χ1) is 8.61. The second-order valence-corrected chi connectivity index (χ2v) is 5.65. The summed E-state index contributed by atoms with van der Waals surface area (Å²) in [7, 11) is 1.94. The Balaban J connectivity index is 1.85. The van der Waals surface area contributed by atoms with E-state index in [2.05, 4.69) is 17.3 Å². The molecule has 1 aromatic heterocycles. The molecule has 0 spiro atoms. The molecule has 1 heterocycles. The zero-order valence-electron chi connectivity index (χ0n) is 11.9. The number of nitrogens with two attached hydrogens (primary N) is 1. The van der Waals surface area contributed by atoms with Crippen LogP contribution in [0.15, 0.2) is 0 Å². The van der Waals surface area contributed by atoms with Crippen LogP contribution in [-0.2, 0) is 7.05 Å². The van der Waals surface area contributed by atoms with Gasteiger partial charge in [0.2, 0.25) is 0 Å². The summed E-state index contributed by atoms with van der Waals surface area (Å²) >= 11 is 0. The number of hydrogen-bond donors (Lipinski definition) is 2. The molecule has 1 fully saturated rings. The zero-order valence-corrected chi connectivity index (χ0v) is 11.9. The molecule has 0 unspecified atom stereocenters. The van der Waals surface area contributed by atoms with Crippen molar-refractivity contribution >= 4 is 11.5 Å². The Morgan fingerprint density at radius 3 is 2.39 bits per heavy atom. The molecule has 102 valence electrons. The van der Waals surface area contributed by atoms with Crippen LogP contribution in [0.4, 0.5) is 11.5 Å². The molecule has 0 amide bonds. The molecule has 0 atom stereocenters. The third-order valence-electron chi connectivity index (χ3n) is 4.37. The predicted octanol–water partition coefficient (Wildman–Crippen LogP) is 2.94. The number of hydrogen-bond acceptors (Lipinski definition) is 3. The zero-order chi connectivity index (χ0) is 13.1. The molecule has 3 N–H and O–H groups in total. The lowest BCUT2D eigenvalue weighted by molar-refractivity contribution is 0.278. The van der Waals surface area contributed by atoms with Crippen molar-refractivity contribution in [3.8, 4) is 0 Å².